The van der Waals surface area contributed by atoms with Crippen LogP contribution in [0.15, 0.2) is 48.5 Å². The number of ketones is 1. The van der Waals surface area contributed by atoms with E-state index < -0.39 is 6.61 Å². The van der Waals surface area contributed by atoms with Crippen molar-refractivity contribution in [1.82, 2.24) is 0 Å². The van der Waals surface area contributed by atoms with Crippen molar-refractivity contribution in [3.8, 4) is 5.75 Å². The molecule has 2 N–H and O–H groups in total. The van der Waals surface area contributed by atoms with Crippen LogP contribution in [0.1, 0.15) is 101 Å². The lowest BCUT2D eigenvalue weighted by Crippen LogP contribution is -2.29. The fraction of sp³-hybridized carbons (Fsp3) is 0.581. The summed E-state index contributed by atoms with van der Waals surface area (Å²) in [6.07, 6.45) is 8.17. The van der Waals surface area contributed by atoms with E-state index in [0.29, 0.717) is 25.9 Å². The van der Waals surface area contributed by atoms with Crippen LogP contribution in [0.4, 0.5) is 0 Å². The highest BCUT2D eigenvalue weighted by molar-refractivity contribution is 5.79. The van der Waals surface area contributed by atoms with Crippen molar-refractivity contribution in [1.29, 1.82) is 0 Å². The molecule has 192 valence electrons. The second-order valence-corrected chi connectivity index (χ2v) is 11.0. The molecule has 0 heterocycles. The van der Waals surface area contributed by atoms with Crippen molar-refractivity contribution in [2.24, 2.45) is 5.92 Å². The quantitative estimate of drug-likeness (QED) is 0.313. The summed E-state index contributed by atoms with van der Waals surface area (Å²) in [5.41, 5.74) is 3.48. The summed E-state index contributed by atoms with van der Waals surface area (Å²) in [5.74, 6) is 0.855. The van der Waals surface area contributed by atoms with E-state index in [0.717, 1.165) is 29.7 Å². The zero-order chi connectivity index (χ0) is 25.3. The van der Waals surface area contributed by atoms with Gasteiger partial charge in [0.25, 0.3) is 0 Å². The van der Waals surface area contributed by atoms with Gasteiger partial charge in [-0.1, -0.05) is 88.9 Å². The topological polar surface area (TPSA) is 66.8 Å². The summed E-state index contributed by atoms with van der Waals surface area (Å²) in [6, 6.07) is 16.8. The molecule has 0 aromatic heterocycles. The molecule has 4 heteroatoms. The van der Waals surface area contributed by atoms with Crippen LogP contribution in [0, 0.1) is 5.92 Å². The van der Waals surface area contributed by atoms with Crippen LogP contribution in [0.2, 0.25) is 0 Å². The van der Waals surface area contributed by atoms with E-state index in [2.05, 4.69) is 51.1 Å². The van der Waals surface area contributed by atoms with Crippen LogP contribution in [0.25, 0.3) is 0 Å². The number of aliphatic hydroxyl groups excluding tert-OH is 2. The number of benzene rings is 2. The van der Waals surface area contributed by atoms with E-state index in [9.17, 15) is 15.0 Å². The minimum Gasteiger partial charge on any atom is -0.489 e. The number of hydrogen-bond donors (Lipinski definition) is 2. The molecule has 0 saturated heterocycles. The Balaban J connectivity index is 1.91. The third-order valence-electron chi connectivity index (χ3n) is 7.72. The summed E-state index contributed by atoms with van der Waals surface area (Å²) in [4.78, 5) is 12.1. The van der Waals surface area contributed by atoms with E-state index in [1.807, 2.05) is 18.2 Å². The molecule has 2 aromatic carbocycles. The normalized spacial score (nSPS) is 20.5. The lowest BCUT2D eigenvalue weighted by atomic mass is 9.71. The van der Waals surface area contributed by atoms with Gasteiger partial charge in [-0.05, 0) is 65.7 Å². The Bertz CT molecular complexity index is 921. The monoisotopic (exact) mass is 480 g/mol. The number of carbonyl (C=O) groups excluding carboxylic acids is 1. The summed E-state index contributed by atoms with van der Waals surface area (Å²) in [5, 5.41) is 19.8. The Kier molecular flexibility index (Phi) is 10.4. The molecule has 1 fully saturated rings. The number of Topliss-reactive ketones (excluding diaryl/α,β-unsaturated/α-hetero) is 1. The van der Waals surface area contributed by atoms with Crippen LogP contribution >= 0.6 is 0 Å². The van der Waals surface area contributed by atoms with Gasteiger partial charge in [0, 0.05) is 6.42 Å². The van der Waals surface area contributed by atoms with Gasteiger partial charge in [-0.15, -0.1) is 0 Å². The number of hydrogen-bond acceptors (Lipinski definition) is 4. The van der Waals surface area contributed by atoms with Crippen LogP contribution in [-0.2, 0) is 16.8 Å². The molecule has 3 atom stereocenters. The molecule has 0 aliphatic heterocycles. The molecule has 1 aliphatic carbocycles. The van der Waals surface area contributed by atoms with E-state index in [1.54, 1.807) is 0 Å². The lowest BCUT2D eigenvalue weighted by Gasteiger charge is -2.36. The molecule has 3 unspecified atom stereocenters. The smallest absolute Gasteiger partial charge is 0.158 e. The third-order valence-corrected chi connectivity index (χ3v) is 7.72. The fourth-order valence-electron chi connectivity index (χ4n) is 5.45. The third kappa shape index (κ3) is 7.91. The predicted octanol–water partition coefficient (Wildman–Crippen LogP) is 6.71. The summed E-state index contributed by atoms with van der Waals surface area (Å²) in [7, 11) is 0. The van der Waals surface area contributed by atoms with Crippen LogP contribution in [0.3, 0.4) is 0 Å². The van der Waals surface area contributed by atoms with Crippen LogP contribution < -0.4 is 4.74 Å². The lowest BCUT2D eigenvalue weighted by molar-refractivity contribution is -0.123. The molecule has 4 nitrogen and oxygen atoms in total. The summed E-state index contributed by atoms with van der Waals surface area (Å²) >= 11 is 0. The molecule has 0 bridgehead atoms. The number of carbonyl (C=O) groups is 1. The van der Waals surface area contributed by atoms with Crippen molar-refractivity contribution in [3.05, 3.63) is 65.2 Å². The first-order valence-electron chi connectivity index (χ1n) is 13.5. The largest absolute Gasteiger partial charge is 0.489 e. The van der Waals surface area contributed by atoms with Crippen LogP contribution in [0.5, 0.6) is 5.75 Å². The van der Waals surface area contributed by atoms with E-state index in [-0.39, 0.29) is 29.1 Å². The highest BCUT2D eigenvalue weighted by atomic mass is 16.5. The highest BCUT2D eigenvalue weighted by Crippen LogP contribution is 2.45. The van der Waals surface area contributed by atoms with Crippen molar-refractivity contribution in [2.75, 3.05) is 6.61 Å². The van der Waals surface area contributed by atoms with Gasteiger partial charge in [0.15, 0.2) is 5.78 Å². The number of aliphatic hydroxyl groups is 2. The fourth-order valence-corrected chi connectivity index (χ4v) is 5.45. The standard InChI is InChI=1S/C31H44O4/c1-4-5-6-10-17-31(2,3)25-14-16-28(30(19-25)35-22-23-11-8-7-9-12-23)29-20-26(33)15-13-24(29)18-27(34)21-32/h7-9,11-12,14,16,19,24,26,29,32-33H,4-6,10,13,15,17-18,20-22H2,1-3H3. The van der Waals surface area contributed by atoms with Crippen molar-refractivity contribution in [3.63, 3.8) is 0 Å². The van der Waals surface area contributed by atoms with Gasteiger partial charge in [-0.25, -0.2) is 0 Å². The van der Waals surface area contributed by atoms with Gasteiger partial charge in [0.1, 0.15) is 19.0 Å². The number of unbranched alkanes of at least 4 members (excludes halogenated alkanes) is 3. The molecule has 1 saturated carbocycles. The molecule has 0 radical (unpaired) electrons. The average molecular weight is 481 g/mol. The maximum atomic E-state index is 12.1. The minimum absolute atomic E-state index is 0.0294. The predicted molar refractivity (Wildman–Crippen MR) is 142 cm³/mol. The SMILES string of the molecule is CCCCCCC(C)(C)c1ccc(C2CC(O)CCC2CC(=O)CO)c(OCc2ccccc2)c1. The van der Waals surface area contributed by atoms with Crippen molar-refractivity contribution < 1.29 is 19.7 Å². The first kappa shape index (κ1) is 27.4. The van der Waals surface area contributed by atoms with E-state index >= 15 is 0 Å². The van der Waals surface area contributed by atoms with Crippen molar-refractivity contribution in [2.45, 2.75) is 103 Å². The zero-order valence-electron chi connectivity index (χ0n) is 21.8. The molecule has 0 spiro atoms. The molecular weight excluding hydrogens is 436 g/mol. The molecule has 2 aromatic rings. The van der Waals surface area contributed by atoms with Crippen molar-refractivity contribution >= 4 is 5.78 Å². The zero-order valence-corrected chi connectivity index (χ0v) is 21.8. The molecule has 3 rings (SSSR count). The molecule has 35 heavy (non-hydrogen) atoms. The maximum absolute atomic E-state index is 12.1. The number of ether oxygens (including phenoxy) is 1. The Hall–Kier alpha value is -2.17. The Morgan fingerprint density at radius 3 is 2.54 bits per heavy atom. The van der Waals surface area contributed by atoms with Crippen LogP contribution in [-0.4, -0.2) is 28.7 Å². The molecule has 1 aliphatic rings. The highest BCUT2D eigenvalue weighted by Gasteiger charge is 2.34. The summed E-state index contributed by atoms with van der Waals surface area (Å²) < 4.78 is 6.45. The van der Waals surface area contributed by atoms with Gasteiger partial charge in [-0.2, -0.15) is 0 Å². The Labute approximate surface area is 211 Å². The van der Waals surface area contributed by atoms with E-state index in [1.165, 1.54) is 31.2 Å². The van der Waals surface area contributed by atoms with Gasteiger partial charge >= 0.3 is 0 Å². The minimum atomic E-state index is -0.422. The second-order valence-electron chi connectivity index (χ2n) is 11.0. The van der Waals surface area contributed by atoms with E-state index in [4.69, 9.17) is 4.74 Å². The van der Waals surface area contributed by atoms with Gasteiger partial charge < -0.3 is 14.9 Å². The van der Waals surface area contributed by atoms with Gasteiger partial charge in [0.2, 0.25) is 0 Å². The number of rotatable bonds is 13. The maximum Gasteiger partial charge on any atom is 0.158 e. The average Bonchev–Trinajstić information content (AvgIpc) is 2.87. The molecule has 0 amide bonds. The molecular formula is C31H44O4. The second kappa shape index (κ2) is 13.2. The van der Waals surface area contributed by atoms with Gasteiger partial charge in [0.05, 0.1) is 6.10 Å². The first-order valence-corrected chi connectivity index (χ1v) is 13.5. The summed E-state index contributed by atoms with van der Waals surface area (Å²) in [6.45, 7) is 6.91. The van der Waals surface area contributed by atoms with Gasteiger partial charge in [-0.3, -0.25) is 4.79 Å². The first-order chi connectivity index (χ1) is 16.8. The Morgan fingerprint density at radius 1 is 1.06 bits per heavy atom. The Morgan fingerprint density at radius 2 is 1.83 bits per heavy atom.